The fraction of sp³-hybridized carbons (Fsp3) is 0.125. The minimum absolute atomic E-state index is 0.223. The van der Waals surface area contributed by atoms with Crippen LogP contribution in [0.15, 0.2) is 77.8 Å². The van der Waals surface area contributed by atoms with Gasteiger partial charge in [0.05, 0.1) is 16.6 Å². The molecule has 0 bridgehead atoms. The van der Waals surface area contributed by atoms with Crippen molar-refractivity contribution in [3.8, 4) is 11.5 Å². The Labute approximate surface area is 188 Å². The SMILES string of the molecule is CC/C(=C\c1ccc2[nH]ncc2c1)c1cccc(Oc2ccc(S(=O)(=O)C(F)(F)F)cc2)c1. The Balaban J connectivity index is 1.57. The van der Waals surface area contributed by atoms with Gasteiger partial charge in [-0.05, 0) is 71.7 Å². The highest BCUT2D eigenvalue weighted by atomic mass is 32.2. The third-order valence-electron chi connectivity index (χ3n) is 5.07. The smallest absolute Gasteiger partial charge is 0.457 e. The van der Waals surface area contributed by atoms with E-state index in [1.165, 1.54) is 12.1 Å². The fourth-order valence-electron chi connectivity index (χ4n) is 3.36. The number of ether oxygens (including phenoxy) is 1. The summed E-state index contributed by atoms with van der Waals surface area (Å²) < 4.78 is 66.9. The molecule has 33 heavy (non-hydrogen) atoms. The second-order valence-corrected chi connectivity index (χ2v) is 9.23. The molecule has 0 saturated carbocycles. The van der Waals surface area contributed by atoms with Crippen molar-refractivity contribution in [2.45, 2.75) is 23.7 Å². The Morgan fingerprint density at radius 3 is 2.48 bits per heavy atom. The van der Waals surface area contributed by atoms with Gasteiger partial charge in [-0.1, -0.05) is 31.2 Å². The summed E-state index contributed by atoms with van der Waals surface area (Å²) in [6.07, 6.45) is 4.59. The van der Waals surface area contributed by atoms with E-state index in [1.54, 1.807) is 12.3 Å². The van der Waals surface area contributed by atoms with Crippen molar-refractivity contribution in [2.24, 2.45) is 0 Å². The van der Waals surface area contributed by atoms with Gasteiger partial charge in [0.15, 0.2) is 0 Å². The van der Waals surface area contributed by atoms with Crippen LogP contribution in [0.3, 0.4) is 0 Å². The number of aromatic nitrogens is 2. The average molecular weight is 472 g/mol. The third-order valence-corrected chi connectivity index (χ3v) is 6.57. The highest BCUT2D eigenvalue weighted by Crippen LogP contribution is 2.32. The lowest BCUT2D eigenvalue weighted by Gasteiger charge is -2.11. The van der Waals surface area contributed by atoms with Gasteiger partial charge in [0.1, 0.15) is 11.5 Å². The molecular formula is C24H19F3N2O3S. The summed E-state index contributed by atoms with van der Waals surface area (Å²) in [5, 5.41) is 7.96. The Bertz CT molecular complexity index is 1420. The van der Waals surface area contributed by atoms with E-state index < -0.39 is 20.2 Å². The number of rotatable bonds is 6. The molecule has 0 radical (unpaired) electrons. The van der Waals surface area contributed by atoms with Crippen LogP contribution in [-0.4, -0.2) is 24.1 Å². The third kappa shape index (κ3) is 4.78. The van der Waals surface area contributed by atoms with Gasteiger partial charge >= 0.3 is 5.51 Å². The summed E-state index contributed by atoms with van der Waals surface area (Å²) in [5.74, 6) is 0.698. The van der Waals surface area contributed by atoms with Gasteiger partial charge < -0.3 is 4.74 Å². The van der Waals surface area contributed by atoms with Crippen molar-refractivity contribution in [3.05, 3.63) is 84.1 Å². The molecule has 4 rings (SSSR count). The summed E-state index contributed by atoms with van der Waals surface area (Å²) in [6, 6.07) is 17.4. The summed E-state index contributed by atoms with van der Waals surface area (Å²) in [5.41, 5.74) is -1.38. The molecule has 4 aromatic rings. The van der Waals surface area contributed by atoms with E-state index in [0.29, 0.717) is 5.75 Å². The minimum Gasteiger partial charge on any atom is -0.457 e. The first kappa shape index (κ1) is 22.6. The van der Waals surface area contributed by atoms with Gasteiger partial charge in [0.2, 0.25) is 0 Å². The van der Waals surface area contributed by atoms with E-state index in [4.69, 9.17) is 4.74 Å². The maximum absolute atomic E-state index is 12.7. The number of H-pyrrole nitrogens is 1. The van der Waals surface area contributed by atoms with E-state index in [-0.39, 0.29) is 5.75 Å². The van der Waals surface area contributed by atoms with E-state index in [2.05, 4.69) is 16.3 Å². The number of hydrogen-bond donors (Lipinski definition) is 1. The van der Waals surface area contributed by atoms with Crippen LogP contribution in [0, 0.1) is 0 Å². The van der Waals surface area contributed by atoms with Gasteiger partial charge in [-0.15, -0.1) is 0 Å². The molecule has 3 aromatic carbocycles. The Kier molecular flexibility index (Phi) is 5.99. The molecule has 0 aliphatic rings. The number of aromatic amines is 1. The monoisotopic (exact) mass is 472 g/mol. The largest absolute Gasteiger partial charge is 0.501 e. The van der Waals surface area contributed by atoms with Crippen molar-refractivity contribution in [3.63, 3.8) is 0 Å². The quantitative estimate of drug-likeness (QED) is 0.321. The van der Waals surface area contributed by atoms with Crippen LogP contribution in [-0.2, 0) is 9.84 Å². The van der Waals surface area contributed by atoms with Crippen LogP contribution in [0.2, 0.25) is 0 Å². The van der Waals surface area contributed by atoms with E-state index in [0.717, 1.165) is 46.2 Å². The number of halogens is 3. The standard InChI is InChI=1S/C24H19F3N2O3S/c1-2-17(12-16-6-11-23-19(13-16)15-28-29-23)18-4-3-5-21(14-18)32-20-7-9-22(10-8-20)33(30,31)24(25,26)27/h3-15H,2H2,1H3,(H,28,29)/b17-12+. The molecule has 9 heteroatoms. The molecule has 0 spiro atoms. The van der Waals surface area contributed by atoms with Gasteiger partial charge in [-0.2, -0.15) is 18.3 Å². The number of nitrogens with zero attached hydrogens (tertiary/aromatic N) is 1. The summed E-state index contributed by atoms with van der Waals surface area (Å²) in [7, 11) is -5.40. The Morgan fingerprint density at radius 2 is 1.79 bits per heavy atom. The van der Waals surface area contributed by atoms with Crippen molar-refractivity contribution in [1.82, 2.24) is 10.2 Å². The second kappa shape index (κ2) is 8.74. The van der Waals surface area contributed by atoms with Crippen molar-refractivity contribution in [1.29, 1.82) is 0 Å². The molecule has 0 atom stereocenters. The lowest BCUT2D eigenvalue weighted by atomic mass is 10.00. The Morgan fingerprint density at radius 1 is 1.03 bits per heavy atom. The number of allylic oxidation sites excluding steroid dienone is 1. The summed E-state index contributed by atoms with van der Waals surface area (Å²) >= 11 is 0. The van der Waals surface area contributed by atoms with Crippen molar-refractivity contribution >= 4 is 32.4 Å². The molecule has 0 saturated heterocycles. The molecular weight excluding hydrogens is 453 g/mol. The zero-order chi connectivity index (χ0) is 23.6. The molecule has 5 nitrogen and oxygen atoms in total. The zero-order valence-electron chi connectivity index (χ0n) is 17.4. The first-order valence-corrected chi connectivity index (χ1v) is 11.5. The van der Waals surface area contributed by atoms with E-state index >= 15 is 0 Å². The zero-order valence-corrected chi connectivity index (χ0v) is 18.2. The van der Waals surface area contributed by atoms with E-state index in [1.807, 2.05) is 43.3 Å². The average Bonchev–Trinajstić information content (AvgIpc) is 3.25. The summed E-state index contributed by atoms with van der Waals surface area (Å²) in [4.78, 5) is -0.832. The molecule has 1 aromatic heterocycles. The molecule has 0 aliphatic heterocycles. The lowest BCUT2D eigenvalue weighted by molar-refractivity contribution is -0.0436. The second-order valence-electron chi connectivity index (χ2n) is 7.29. The molecule has 0 fully saturated rings. The van der Waals surface area contributed by atoms with Crippen LogP contribution in [0.4, 0.5) is 13.2 Å². The van der Waals surface area contributed by atoms with Crippen LogP contribution in [0.1, 0.15) is 24.5 Å². The summed E-state index contributed by atoms with van der Waals surface area (Å²) in [6.45, 7) is 2.04. The van der Waals surface area contributed by atoms with E-state index in [9.17, 15) is 21.6 Å². The lowest BCUT2D eigenvalue weighted by Crippen LogP contribution is -2.23. The molecule has 0 amide bonds. The van der Waals surface area contributed by atoms with Crippen LogP contribution in [0.5, 0.6) is 11.5 Å². The maximum Gasteiger partial charge on any atom is 0.501 e. The van der Waals surface area contributed by atoms with Crippen LogP contribution in [0.25, 0.3) is 22.6 Å². The predicted molar refractivity (Wildman–Crippen MR) is 120 cm³/mol. The fourth-order valence-corrected chi connectivity index (χ4v) is 4.12. The normalized spacial score (nSPS) is 12.8. The number of benzene rings is 3. The van der Waals surface area contributed by atoms with Crippen molar-refractivity contribution in [2.75, 3.05) is 0 Å². The van der Waals surface area contributed by atoms with Crippen LogP contribution >= 0.6 is 0 Å². The van der Waals surface area contributed by atoms with Gasteiger partial charge in [-0.3, -0.25) is 5.10 Å². The number of nitrogens with one attached hydrogen (secondary N) is 1. The topological polar surface area (TPSA) is 72.0 Å². The number of alkyl halides is 3. The number of sulfone groups is 1. The molecule has 1 heterocycles. The maximum atomic E-state index is 12.7. The van der Waals surface area contributed by atoms with Gasteiger partial charge in [-0.25, -0.2) is 8.42 Å². The van der Waals surface area contributed by atoms with Gasteiger partial charge in [0, 0.05) is 5.39 Å². The van der Waals surface area contributed by atoms with Crippen LogP contribution < -0.4 is 4.74 Å². The first-order chi connectivity index (χ1) is 15.7. The highest BCUT2D eigenvalue weighted by Gasteiger charge is 2.46. The number of hydrogen-bond acceptors (Lipinski definition) is 4. The molecule has 1 N–H and O–H groups in total. The first-order valence-electron chi connectivity index (χ1n) is 10.0. The van der Waals surface area contributed by atoms with Gasteiger partial charge in [0.25, 0.3) is 9.84 Å². The minimum atomic E-state index is -5.40. The number of fused-ring (bicyclic) bond motifs is 1. The Hall–Kier alpha value is -3.59. The molecule has 0 aliphatic carbocycles. The molecule has 0 unspecified atom stereocenters. The van der Waals surface area contributed by atoms with Crippen molar-refractivity contribution < 1.29 is 26.3 Å². The molecule has 170 valence electrons. The highest BCUT2D eigenvalue weighted by molar-refractivity contribution is 7.92. The predicted octanol–water partition coefficient (Wildman–Crippen LogP) is 6.60.